The Morgan fingerprint density at radius 1 is 1.20 bits per heavy atom. The minimum Gasteiger partial charge on any atom is -0.354 e. The average molecular weight is 275 g/mol. The van der Waals surface area contributed by atoms with Crippen LogP contribution in [0.25, 0.3) is 0 Å². The summed E-state index contributed by atoms with van der Waals surface area (Å²) in [5.74, 6) is 0.195. The van der Waals surface area contributed by atoms with E-state index in [-0.39, 0.29) is 18.4 Å². The zero-order chi connectivity index (χ0) is 14.2. The van der Waals surface area contributed by atoms with Crippen LogP contribution in [-0.4, -0.2) is 29.9 Å². The van der Waals surface area contributed by atoms with Gasteiger partial charge in [-0.1, -0.05) is 19.3 Å². The van der Waals surface area contributed by atoms with Gasteiger partial charge in [0.25, 0.3) is 5.91 Å². The Balaban J connectivity index is 1.66. The van der Waals surface area contributed by atoms with Gasteiger partial charge in [0.05, 0.1) is 12.1 Å². The van der Waals surface area contributed by atoms with Gasteiger partial charge in [-0.3, -0.25) is 14.6 Å². The summed E-state index contributed by atoms with van der Waals surface area (Å²) in [7, 11) is 0. The molecule has 0 radical (unpaired) electrons. The second-order valence-electron chi connectivity index (χ2n) is 5.23. The van der Waals surface area contributed by atoms with E-state index in [0.717, 1.165) is 6.54 Å². The molecule has 0 aliphatic heterocycles. The Kier molecular flexibility index (Phi) is 5.53. The highest BCUT2D eigenvalue weighted by atomic mass is 16.2. The van der Waals surface area contributed by atoms with Crippen LogP contribution in [0.5, 0.6) is 0 Å². The van der Waals surface area contributed by atoms with Crippen molar-refractivity contribution in [2.75, 3.05) is 13.1 Å². The molecule has 0 unspecified atom stereocenters. The molecule has 2 amide bonds. The van der Waals surface area contributed by atoms with Crippen molar-refractivity contribution in [2.45, 2.75) is 32.1 Å². The molecule has 108 valence electrons. The van der Waals surface area contributed by atoms with Gasteiger partial charge < -0.3 is 10.6 Å². The summed E-state index contributed by atoms with van der Waals surface area (Å²) in [6.45, 7) is 0.738. The Labute approximate surface area is 119 Å². The lowest BCUT2D eigenvalue weighted by Crippen LogP contribution is -2.39. The predicted molar refractivity (Wildman–Crippen MR) is 76.2 cm³/mol. The molecule has 5 nitrogen and oxygen atoms in total. The summed E-state index contributed by atoms with van der Waals surface area (Å²) in [6, 6.07) is 3.36. The first kappa shape index (κ1) is 14.5. The topological polar surface area (TPSA) is 71.1 Å². The monoisotopic (exact) mass is 275 g/mol. The highest BCUT2D eigenvalue weighted by Crippen LogP contribution is 2.22. The van der Waals surface area contributed by atoms with Crippen LogP contribution in [-0.2, 0) is 4.79 Å². The zero-order valence-electron chi connectivity index (χ0n) is 11.6. The maximum Gasteiger partial charge on any atom is 0.253 e. The van der Waals surface area contributed by atoms with Crippen LogP contribution in [0.4, 0.5) is 0 Å². The van der Waals surface area contributed by atoms with Crippen molar-refractivity contribution < 1.29 is 9.59 Å². The first-order valence-corrected chi connectivity index (χ1v) is 7.20. The molecule has 1 saturated carbocycles. The van der Waals surface area contributed by atoms with E-state index in [4.69, 9.17) is 0 Å². The van der Waals surface area contributed by atoms with Crippen LogP contribution >= 0.6 is 0 Å². The summed E-state index contributed by atoms with van der Waals surface area (Å²) in [6.07, 6.45) is 9.32. The maximum absolute atomic E-state index is 11.7. The second kappa shape index (κ2) is 7.62. The van der Waals surface area contributed by atoms with Crippen molar-refractivity contribution in [2.24, 2.45) is 5.92 Å². The number of hydrogen-bond donors (Lipinski definition) is 2. The van der Waals surface area contributed by atoms with Crippen molar-refractivity contribution in [1.82, 2.24) is 15.6 Å². The lowest BCUT2D eigenvalue weighted by atomic mass is 9.89. The number of nitrogens with zero attached hydrogens (tertiary/aromatic N) is 1. The number of amides is 2. The van der Waals surface area contributed by atoms with Gasteiger partial charge in [0.2, 0.25) is 5.91 Å². The van der Waals surface area contributed by atoms with Crippen LogP contribution in [0.2, 0.25) is 0 Å². The Morgan fingerprint density at radius 2 is 2.00 bits per heavy atom. The second-order valence-corrected chi connectivity index (χ2v) is 5.23. The minimum atomic E-state index is -0.272. The number of pyridine rings is 1. The standard InChI is InChI=1S/C15H21N3O2/c19-14(17-9-12-5-2-1-3-6-12)11-18-15(20)13-7-4-8-16-10-13/h4,7-8,10,12H,1-3,5-6,9,11H2,(H,17,19)(H,18,20). The van der Waals surface area contributed by atoms with Gasteiger partial charge in [-0.15, -0.1) is 0 Å². The molecule has 1 aliphatic carbocycles. The van der Waals surface area contributed by atoms with E-state index in [0.29, 0.717) is 11.5 Å². The summed E-state index contributed by atoms with van der Waals surface area (Å²) in [4.78, 5) is 27.3. The molecule has 2 N–H and O–H groups in total. The number of rotatable bonds is 5. The van der Waals surface area contributed by atoms with Gasteiger partial charge in [0, 0.05) is 18.9 Å². The Hall–Kier alpha value is -1.91. The number of aromatic nitrogens is 1. The molecular formula is C15H21N3O2. The molecule has 1 aromatic rings. The highest BCUT2D eigenvalue weighted by Gasteiger charge is 2.14. The van der Waals surface area contributed by atoms with Crippen molar-refractivity contribution in [3.8, 4) is 0 Å². The lowest BCUT2D eigenvalue weighted by molar-refractivity contribution is -0.120. The molecule has 1 heterocycles. The normalized spacial score (nSPS) is 15.6. The third-order valence-corrected chi connectivity index (χ3v) is 3.65. The SMILES string of the molecule is O=C(CNC(=O)c1cccnc1)NCC1CCCCC1. The molecule has 1 fully saturated rings. The highest BCUT2D eigenvalue weighted by molar-refractivity contribution is 5.96. The molecule has 0 bridgehead atoms. The van der Waals surface area contributed by atoms with Crippen molar-refractivity contribution in [3.05, 3.63) is 30.1 Å². The zero-order valence-corrected chi connectivity index (χ0v) is 11.6. The van der Waals surface area contributed by atoms with Crippen LogP contribution < -0.4 is 10.6 Å². The van der Waals surface area contributed by atoms with Gasteiger partial charge in [-0.25, -0.2) is 0 Å². The van der Waals surface area contributed by atoms with E-state index in [1.165, 1.54) is 38.3 Å². The molecule has 5 heteroatoms. The number of carbonyl (C=O) groups excluding carboxylic acids is 2. The van der Waals surface area contributed by atoms with E-state index < -0.39 is 0 Å². The van der Waals surface area contributed by atoms with Crippen molar-refractivity contribution >= 4 is 11.8 Å². The minimum absolute atomic E-state index is 0.0143. The Morgan fingerprint density at radius 3 is 2.70 bits per heavy atom. The number of nitrogens with one attached hydrogen (secondary N) is 2. The molecule has 1 aromatic heterocycles. The average Bonchev–Trinajstić information content (AvgIpc) is 2.52. The first-order chi connectivity index (χ1) is 9.75. The van der Waals surface area contributed by atoms with Gasteiger partial charge in [0.15, 0.2) is 0 Å². The molecule has 20 heavy (non-hydrogen) atoms. The summed E-state index contributed by atoms with van der Waals surface area (Å²) in [5, 5.41) is 5.49. The lowest BCUT2D eigenvalue weighted by Gasteiger charge is -2.21. The van der Waals surface area contributed by atoms with E-state index in [1.807, 2.05) is 0 Å². The van der Waals surface area contributed by atoms with Crippen LogP contribution in [0.1, 0.15) is 42.5 Å². The molecule has 1 aliphatic rings. The fraction of sp³-hybridized carbons (Fsp3) is 0.533. The van der Waals surface area contributed by atoms with Gasteiger partial charge >= 0.3 is 0 Å². The molecular weight excluding hydrogens is 254 g/mol. The predicted octanol–water partition coefficient (Wildman–Crippen LogP) is 1.51. The van der Waals surface area contributed by atoms with Crippen molar-refractivity contribution in [1.29, 1.82) is 0 Å². The van der Waals surface area contributed by atoms with Crippen molar-refractivity contribution in [3.63, 3.8) is 0 Å². The fourth-order valence-corrected chi connectivity index (χ4v) is 2.47. The Bertz CT molecular complexity index is 442. The molecule has 0 saturated heterocycles. The summed E-state index contributed by atoms with van der Waals surface area (Å²) in [5.41, 5.74) is 0.465. The third kappa shape index (κ3) is 4.64. The molecule has 0 atom stereocenters. The maximum atomic E-state index is 11.7. The summed E-state index contributed by atoms with van der Waals surface area (Å²) >= 11 is 0. The van der Waals surface area contributed by atoms with E-state index in [9.17, 15) is 9.59 Å². The van der Waals surface area contributed by atoms with Gasteiger partial charge in [-0.2, -0.15) is 0 Å². The van der Waals surface area contributed by atoms with Crippen LogP contribution in [0.15, 0.2) is 24.5 Å². The molecule has 0 aromatic carbocycles. The van der Waals surface area contributed by atoms with Gasteiger partial charge in [-0.05, 0) is 30.9 Å². The smallest absolute Gasteiger partial charge is 0.253 e. The van der Waals surface area contributed by atoms with E-state index in [1.54, 1.807) is 18.3 Å². The summed E-state index contributed by atoms with van der Waals surface area (Å²) < 4.78 is 0. The first-order valence-electron chi connectivity index (χ1n) is 7.20. The van der Waals surface area contributed by atoms with Crippen LogP contribution in [0, 0.1) is 5.92 Å². The van der Waals surface area contributed by atoms with E-state index >= 15 is 0 Å². The van der Waals surface area contributed by atoms with E-state index in [2.05, 4.69) is 15.6 Å². The molecule has 2 rings (SSSR count). The number of hydrogen-bond acceptors (Lipinski definition) is 3. The third-order valence-electron chi connectivity index (χ3n) is 3.65. The largest absolute Gasteiger partial charge is 0.354 e. The fourth-order valence-electron chi connectivity index (χ4n) is 2.47. The number of carbonyl (C=O) groups is 2. The quantitative estimate of drug-likeness (QED) is 0.855. The van der Waals surface area contributed by atoms with Crippen LogP contribution in [0.3, 0.4) is 0 Å². The molecule has 0 spiro atoms. The van der Waals surface area contributed by atoms with Gasteiger partial charge in [0.1, 0.15) is 0 Å².